The molecular formula is C16H23N3O2. The van der Waals surface area contributed by atoms with Crippen LogP contribution in [0.1, 0.15) is 36.5 Å². The molecule has 3 N–H and O–H groups in total. The Bertz CT molecular complexity index is 481. The number of hydrogen-bond donors (Lipinski definition) is 3. The number of amides is 2. The van der Waals surface area contributed by atoms with Gasteiger partial charge >= 0.3 is 0 Å². The minimum absolute atomic E-state index is 0.0780. The van der Waals surface area contributed by atoms with Crippen LogP contribution < -0.4 is 16.0 Å². The molecule has 0 bridgehead atoms. The van der Waals surface area contributed by atoms with Crippen LogP contribution in [0.2, 0.25) is 0 Å². The second-order valence-corrected chi connectivity index (χ2v) is 5.35. The van der Waals surface area contributed by atoms with Crippen molar-refractivity contribution in [3.05, 3.63) is 29.8 Å². The monoisotopic (exact) mass is 289 g/mol. The first kappa shape index (κ1) is 15.5. The molecule has 0 heterocycles. The second-order valence-electron chi connectivity index (χ2n) is 5.35. The maximum absolute atomic E-state index is 11.9. The lowest BCUT2D eigenvalue weighted by Crippen LogP contribution is -2.32. The van der Waals surface area contributed by atoms with E-state index in [-0.39, 0.29) is 17.7 Å². The Labute approximate surface area is 125 Å². The van der Waals surface area contributed by atoms with Crippen LogP contribution in [-0.2, 0) is 4.79 Å². The summed E-state index contributed by atoms with van der Waals surface area (Å²) in [5.41, 5.74) is 1.35. The molecule has 1 aliphatic carbocycles. The summed E-state index contributed by atoms with van der Waals surface area (Å²) in [5, 5.41) is 8.94. The molecule has 5 heteroatoms. The fraction of sp³-hybridized carbons (Fsp3) is 0.500. The van der Waals surface area contributed by atoms with E-state index in [9.17, 15) is 9.59 Å². The van der Waals surface area contributed by atoms with Gasteiger partial charge in [-0.3, -0.25) is 9.59 Å². The van der Waals surface area contributed by atoms with Crippen molar-refractivity contribution >= 4 is 17.5 Å². The summed E-state index contributed by atoms with van der Waals surface area (Å²) in [6.07, 6.45) is 3.05. The molecule has 0 radical (unpaired) electrons. The van der Waals surface area contributed by atoms with E-state index in [1.807, 2.05) is 0 Å². The number of carbonyl (C=O) groups is 2. The molecule has 1 fully saturated rings. The molecule has 2 rings (SSSR count). The predicted molar refractivity (Wildman–Crippen MR) is 83.3 cm³/mol. The van der Waals surface area contributed by atoms with Crippen LogP contribution in [-0.4, -0.2) is 31.4 Å². The van der Waals surface area contributed by atoms with E-state index in [4.69, 9.17) is 0 Å². The third-order valence-corrected chi connectivity index (χ3v) is 3.38. The first-order valence-corrected chi connectivity index (χ1v) is 7.60. The SMILES string of the molecule is CCCNCCNC(=O)c1ccc(NC(=O)C2CC2)cc1. The summed E-state index contributed by atoms with van der Waals surface area (Å²) in [7, 11) is 0. The fourth-order valence-corrected chi connectivity index (χ4v) is 1.96. The number of nitrogens with one attached hydrogen (secondary N) is 3. The first-order valence-electron chi connectivity index (χ1n) is 7.60. The van der Waals surface area contributed by atoms with Gasteiger partial charge in [-0.2, -0.15) is 0 Å². The zero-order valence-electron chi connectivity index (χ0n) is 12.4. The van der Waals surface area contributed by atoms with Crippen molar-refractivity contribution in [3.8, 4) is 0 Å². The van der Waals surface area contributed by atoms with Crippen LogP contribution in [0.15, 0.2) is 24.3 Å². The van der Waals surface area contributed by atoms with E-state index >= 15 is 0 Å². The standard InChI is InChI=1S/C16H23N3O2/c1-2-9-17-10-11-18-15(20)12-5-7-14(8-6-12)19-16(21)13-3-4-13/h5-8,13,17H,2-4,9-11H2,1H3,(H,18,20)(H,19,21). The molecule has 0 aliphatic heterocycles. The first-order chi connectivity index (χ1) is 10.2. The molecule has 5 nitrogen and oxygen atoms in total. The largest absolute Gasteiger partial charge is 0.351 e. The van der Waals surface area contributed by atoms with Gasteiger partial charge in [0, 0.05) is 30.3 Å². The third-order valence-electron chi connectivity index (χ3n) is 3.38. The third kappa shape index (κ3) is 5.19. The summed E-state index contributed by atoms with van der Waals surface area (Å²) in [6, 6.07) is 7.00. The van der Waals surface area contributed by atoms with Gasteiger partial charge < -0.3 is 16.0 Å². The van der Waals surface area contributed by atoms with Crippen molar-refractivity contribution in [2.75, 3.05) is 25.0 Å². The van der Waals surface area contributed by atoms with Crippen LogP contribution >= 0.6 is 0 Å². The summed E-state index contributed by atoms with van der Waals surface area (Å²) in [4.78, 5) is 23.5. The van der Waals surface area contributed by atoms with Gasteiger partial charge in [-0.25, -0.2) is 0 Å². The van der Waals surface area contributed by atoms with E-state index in [0.29, 0.717) is 12.1 Å². The lowest BCUT2D eigenvalue weighted by molar-refractivity contribution is -0.117. The lowest BCUT2D eigenvalue weighted by Gasteiger charge is -2.08. The maximum atomic E-state index is 11.9. The van der Waals surface area contributed by atoms with Crippen molar-refractivity contribution in [1.29, 1.82) is 0 Å². The minimum Gasteiger partial charge on any atom is -0.351 e. The van der Waals surface area contributed by atoms with Gasteiger partial charge in [0.25, 0.3) is 5.91 Å². The van der Waals surface area contributed by atoms with Gasteiger partial charge in [-0.15, -0.1) is 0 Å². The molecule has 0 atom stereocenters. The quantitative estimate of drug-likeness (QED) is 0.639. The zero-order valence-corrected chi connectivity index (χ0v) is 12.4. The molecule has 21 heavy (non-hydrogen) atoms. The molecule has 0 aromatic heterocycles. The lowest BCUT2D eigenvalue weighted by atomic mass is 10.2. The van der Waals surface area contributed by atoms with Crippen LogP contribution in [0, 0.1) is 5.92 Å². The van der Waals surface area contributed by atoms with Crippen LogP contribution in [0.4, 0.5) is 5.69 Å². The van der Waals surface area contributed by atoms with Crippen LogP contribution in [0.3, 0.4) is 0 Å². The van der Waals surface area contributed by atoms with Crippen molar-refractivity contribution < 1.29 is 9.59 Å². The van der Waals surface area contributed by atoms with Crippen molar-refractivity contribution in [1.82, 2.24) is 10.6 Å². The average molecular weight is 289 g/mol. The van der Waals surface area contributed by atoms with Crippen molar-refractivity contribution in [2.45, 2.75) is 26.2 Å². The second kappa shape index (κ2) is 7.78. The van der Waals surface area contributed by atoms with E-state index in [0.717, 1.165) is 38.0 Å². The summed E-state index contributed by atoms with van der Waals surface area (Å²) >= 11 is 0. The molecular weight excluding hydrogens is 266 g/mol. The highest BCUT2D eigenvalue weighted by atomic mass is 16.2. The van der Waals surface area contributed by atoms with Gasteiger partial charge in [0.05, 0.1) is 0 Å². The Hall–Kier alpha value is -1.88. The number of anilines is 1. The molecule has 114 valence electrons. The van der Waals surface area contributed by atoms with Crippen molar-refractivity contribution in [2.24, 2.45) is 5.92 Å². The van der Waals surface area contributed by atoms with Gasteiger partial charge in [0.15, 0.2) is 0 Å². The Morgan fingerprint density at radius 2 is 1.81 bits per heavy atom. The van der Waals surface area contributed by atoms with Crippen LogP contribution in [0.5, 0.6) is 0 Å². The summed E-state index contributed by atoms with van der Waals surface area (Å²) in [6.45, 7) is 4.45. The van der Waals surface area contributed by atoms with E-state index < -0.39 is 0 Å². The normalized spacial score (nSPS) is 13.8. The van der Waals surface area contributed by atoms with Gasteiger partial charge in [0.2, 0.25) is 5.91 Å². The molecule has 0 unspecified atom stereocenters. The number of benzene rings is 1. The van der Waals surface area contributed by atoms with Crippen LogP contribution in [0.25, 0.3) is 0 Å². The van der Waals surface area contributed by atoms with E-state index in [1.54, 1.807) is 24.3 Å². The highest BCUT2D eigenvalue weighted by molar-refractivity contribution is 5.96. The Morgan fingerprint density at radius 3 is 2.43 bits per heavy atom. The predicted octanol–water partition coefficient (Wildman–Crippen LogP) is 1.76. The van der Waals surface area contributed by atoms with E-state index in [2.05, 4.69) is 22.9 Å². The molecule has 1 aromatic rings. The Balaban J connectivity index is 1.75. The molecule has 0 spiro atoms. The minimum atomic E-state index is -0.0895. The zero-order chi connectivity index (χ0) is 15.1. The number of carbonyl (C=O) groups excluding carboxylic acids is 2. The molecule has 1 saturated carbocycles. The van der Waals surface area contributed by atoms with Gasteiger partial charge in [-0.1, -0.05) is 6.92 Å². The fourth-order valence-electron chi connectivity index (χ4n) is 1.96. The molecule has 2 amide bonds. The summed E-state index contributed by atoms with van der Waals surface area (Å²) < 4.78 is 0. The highest BCUT2D eigenvalue weighted by Gasteiger charge is 2.29. The van der Waals surface area contributed by atoms with E-state index in [1.165, 1.54) is 0 Å². The maximum Gasteiger partial charge on any atom is 0.251 e. The molecule has 1 aliphatic rings. The van der Waals surface area contributed by atoms with Gasteiger partial charge in [0.1, 0.15) is 0 Å². The molecule has 1 aromatic carbocycles. The Kier molecular flexibility index (Phi) is 5.75. The topological polar surface area (TPSA) is 70.2 Å². The highest BCUT2D eigenvalue weighted by Crippen LogP contribution is 2.30. The van der Waals surface area contributed by atoms with Crippen molar-refractivity contribution in [3.63, 3.8) is 0 Å². The van der Waals surface area contributed by atoms with Gasteiger partial charge in [-0.05, 0) is 50.1 Å². The number of hydrogen-bond acceptors (Lipinski definition) is 3. The summed E-state index contributed by atoms with van der Waals surface area (Å²) in [5.74, 6) is 0.172. The average Bonchev–Trinajstić information content (AvgIpc) is 3.32. The Morgan fingerprint density at radius 1 is 1.10 bits per heavy atom. The number of rotatable bonds is 8. The molecule has 0 saturated heterocycles. The smallest absolute Gasteiger partial charge is 0.251 e.